The van der Waals surface area contributed by atoms with Crippen LogP contribution in [0.25, 0.3) is 0 Å². The Morgan fingerprint density at radius 3 is 2.33 bits per heavy atom. The monoisotopic (exact) mass is 478 g/mol. The number of aryl methyl sites for hydroxylation is 2. The highest BCUT2D eigenvalue weighted by molar-refractivity contribution is 7.89. The maximum absolute atomic E-state index is 13.3. The molecule has 2 heterocycles. The van der Waals surface area contributed by atoms with Crippen LogP contribution in [-0.4, -0.2) is 71.2 Å². The first kappa shape index (κ1) is 24.7. The molecule has 1 aliphatic heterocycles. The molecule has 1 aromatic carbocycles. The van der Waals surface area contributed by atoms with Gasteiger partial charge in [-0.05, 0) is 58.9 Å². The van der Waals surface area contributed by atoms with Crippen LogP contribution >= 0.6 is 0 Å². The first-order valence-corrected chi connectivity index (χ1v) is 12.0. The molecule has 1 amide bonds. The number of ether oxygens (including phenoxy) is 1. The minimum Gasteiger partial charge on any atom is -0.459 e. The number of carbonyl (C=O) groups is 2. The van der Waals surface area contributed by atoms with Gasteiger partial charge in [-0.2, -0.15) is 4.31 Å². The van der Waals surface area contributed by atoms with Gasteiger partial charge in [0.2, 0.25) is 10.0 Å². The lowest BCUT2D eigenvalue weighted by Gasteiger charge is -2.39. The lowest BCUT2D eigenvalue weighted by molar-refractivity contribution is 0.0368. The highest BCUT2D eigenvalue weighted by Crippen LogP contribution is 2.23. The number of benzene rings is 1. The molecule has 178 valence electrons. The molecule has 1 atom stereocenters. The summed E-state index contributed by atoms with van der Waals surface area (Å²) in [4.78, 5) is 35.8. The van der Waals surface area contributed by atoms with Gasteiger partial charge in [-0.15, -0.1) is 0 Å². The predicted molar refractivity (Wildman–Crippen MR) is 118 cm³/mol. The van der Waals surface area contributed by atoms with E-state index in [9.17, 15) is 22.4 Å². The third kappa shape index (κ3) is 5.19. The molecule has 0 saturated carbocycles. The van der Waals surface area contributed by atoms with Crippen LogP contribution in [0.2, 0.25) is 0 Å². The Bertz CT molecular complexity index is 1170. The summed E-state index contributed by atoms with van der Waals surface area (Å²) in [5.41, 5.74) is 0.281. The van der Waals surface area contributed by atoms with E-state index in [1.807, 2.05) is 0 Å². The first-order chi connectivity index (χ1) is 15.4. The summed E-state index contributed by atoms with van der Waals surface area (Å²) in [7, 11) is -3.86. The molecule has 9 nitrogen and oxygen atoms in total. The normalized spacial score (nSPS) is 17.3. The molecule has 11 heteroatoms. The molecular formula is C22H27FN4O5S. The number of esters is 1. The Morgan fingerprint density at radius 1 is 1.12 bits per heavy atom. The molecule has 1 aromatic heterocycles. The van der Waals surface area contributed by atoms with Gasteiger partial charge in [0.25, 0.3) is 5.91 Å². The second-order valence-corrected chi connectivity index (χ2v) is 10.1. The highest BCUT2D eigenvalue weighted by atomic mass is 32.2. The fourth-order valence-electron chi connectivity index (χ4n) is 3.76. The largest absolute Gasteiger partial charge is 0.459 e. The fraction of sp³-hybridized carbons (Fsp3) is 0.455. The van der Waals surface area contributed by atoms with Gasteiger partial charge in [0, 0.05) is 25.7 Å². The van der Waals surface area contributed by atoms with Crippen LogP contribution in [0.15, 0.2) is 29.2 Å². The third-order valence-electron chi connectivity index (χ3n) is 5.23. The SMILES string of the molecule is Cc1nc(C)c(C(=O)OC(C)C)c(C(=O)N2CCN(S(=O)(=O)c3ccc(F)cc3)C(C)C2)n1. The number of nitrogens with zero attached hydrogens (tertiary/aromatic N) is 4. The first-order valence-electron chi connectivity index (χ1n) is 10.5. The molecule has 33 heavy (non-hydrogen) atoms. The Balaban J connectivity index is 1.85. The van der Waals surface area contributed by atoms with Gasteiger partial charge >= 0.3 is 5.97 Å². The lowest BCUT2D eigenvalue weighted by atomic mass is 10.1. The van der Waals surface area contributed by atoms with Gasteiger partial charge in [-0.1, -0.05) is 0 Å². The molecule has 1 fully saturated rings. The van der Waals surface area contributed by atoms with Crippen molar-refractivity contribution >= 4 is 21.9 Å². The summed E-state index contributed by atoms with van der Waals surface area (Å²) in [5.74, 6) is -1.37. The van der Waals surface area contributed by atoms with E-state index in [0.717, 1.165) is 12.1 Å². The quantitative estimate of drug-likeness (QED) is 0.607. The zero-order valence-corrected chi connectivity index (χ0v) is 20.0. The van der Waals surface area contributed by atoms with E-state index in [1.165, 1.54) is 21.3 Å². The number of rotatable bonds is 5. The van der Waals surface area contributed by atoms with Crippen LogP contribution in [-0.2, 0) is 14.8 Å². The standard InChI is InChI=1S/C22H27FN4O5S/c1-13(2)32-22(29)19-15(4)24-16(5)25-20(19)21(28)26-10-11-27(14(3)12-26)33(30,31)18-8-6-17(23)7-9-18/h6-9,13-14H,10-12H2,1-5H3. The lowest BCUT2D eigenvalue weighted by Crippen LogP contribution is -2.55. The molecule has 0 N–H and O–H groups in total. The Kier molecular flexibility index (Phi) is 7.13. The van der Waals surface area contributed by atoms with Crippen molar-refractivity contribution < 1.29 is 27.1 Å². The van der Waals surface area contributed by atoms with Crippen molar-refractivity contribution in [1.29, 1.82) is 0 Å². The molecule has 1 aliphatic rings. The smallest absolute Gasteiger partial charge is 0.342 e. The molecule has 1 saturated heterocycles. The Morgan fingerprint density at radius 2 is 1.76 bits per heavy atom. The van der Waals surface area contributed by atoms with Gasteiger partial charge in [0.15, 0.2) is 0 Å². The molecule has 0 spiro atoms. The second-order valence-electron chi connectivity index (χ2n) is 8.20. The number of aromatic nitrogens is 2. The zero-order chi connectivity index (χ0) is 24.5. The predicted octanol–water partition coefficient (Wildman–Crippen LogP) is 2.33. The maximum atomic E-state index is 13.3. The van der Waals surface area contributed by atoms with E-state index in [-0.39, 0.29) is 41.9 Å². The van der Waals surface area contributed by atoms with Gasteiger partial charge in [0.05, 0.1) is 16.7 Å². The van der Waals surface area contributed by atoms with Crippen LogP contribution in [0.1, 0.15) is 53.1 Å². The van der Waals surface area contributed by atoms with Crippen LogP contribution in [0, 0.1) is 19.7 Å². The van der Waals surface area contributed by atoms with Gasteiger partial charge in [-0.3, -0.25) is 4.79 Å². The average molecular weight is 479 g/mol. The summed E-state index contributed by atoms with van der Waals surface area (Å²) in [5, 5.41) is 0. The maximum Gasteiger partial charge on any atom is 0.342 e. The van der Waals surface area contributed by atoms with Crippen molar-refractivity contribution in [3.8, 4) is 0 Å². The van der Waals surface area contributed by atoms with E-state index in [2.05, 4.69) is 9.97 Å². The van der Waals surface area contributed by atoms with Crippen LogP contribution < -0.4 is 0 Å². The van der Waals surface area contributed by atoms with Crippen LogP contribution in [0.4, 0.5) is 4.39 Å². The summed E-state index contributed by atoms with van der Waals surface area (Å²) in [6, 6.07) is 4.07. The minimum absolute atomic E-state index is 0.00770. The van der Waals surface area contributed by atoms with Crippen LogP contribution in [0.5, 0.6) is 0 Å². The third-order valence-corrected chi connectivity index (χ3v) is 7.25. The van der Waals surface area contributed by atoms with Gasteiger partial charge in [-0.25, -0.2) is 27.6 Å². The molecule has 0 bridgehead atoms. The average Bonchev–Trinajstić information content (AvgIpc) is 2.72. The van der Waals surface area contributed by atoms with Crippen molar-refractivity contribution in [3.63, 3.8) is 0 Å². The Labute approximate surface area is 192 Å². The molecule has 2 aromatic rings. The van der Waals surface area contributed by atoms with Crippen molar-refractivity contribution in [2.45, 2.75) is 51.7 Å². The van der Waals surface area contributed by atoms with E-state index < -0.39 is 33.8 Å². The number of hydrogen-bond donors (Lipinski definition) is 0. The van der Waals surface area contributed by atoms with E-state index >= 15 is 0 Å². The number of hydrogen-bond acceptors (Lipinski definition) is 7. The molecule has 1 unspecified atom stereocenters. The number of sulfonamides is 1. The van der Waals surface area contributed by atoms with Gasteiger partial charge < -0.3 is 9.64 Å². The fourth-order valence-corrected chi connectivity index (χ4v) is 5.37. The number of amides is 1. The summed E-state index contributed by atoms with van der Waals surface area (Å²) in [6.07, 6.45) is -0.388. The van der Waals surface area contributed by atoms with E-state index in [1.54, 1.807) is 34.6 Å². The summed E-state index contributed by atoms with van der Waals surface area (Å²) < 4.78 is 45.8. The van der Waals surface area contributed by atoms with Crippen molar-refractivity contribution in [1.82, 2.24) is 19.2 Å². The number of carbonyl (C=O) groups excluding carboxylic acids is 2. The Hall–Kier alpha value is -2.92. The molecular weight excluding hydrogens is 451 g/mol. The molecule has 0 aliphatic carbocycles. The highest BCUT2D eigenvalue weighted by Gasteiger charge is 2.37. The molecule has 0 radical (unpaired) electrons. The number of halogens is 1. The summed E-state index contributed by atoms with van der Waals surface area (Å²) >= 11 is 0. The summed E-state index contributed by atoms with van der Waals surface area (Å²) in [6.45, 7) is 8.56. The van der Waals surface area contributed by atoms with E-state index in [0.29, 0.717) is 11.5 Å². The number of piperazine rings is 1. The van der Waals surface area contributed by atoms with E-state index in [4.69, 9.17) is 4.74 Å². The van der Waals surface area contributed by atoms with Crippen molar-refractivity contribution in [2.75, 3.05) is 19.6 Å². The van der Waals surface area contributed by atoms with Crippen molar-refractivity contribution in [2.24, 2.45) is 0 Å². The minimum atomic E-state index is -3.86. The van der Waals surface area contributed by atoms with Crippen molar-refractivity contribution in [3.05, 3.63) is 52.9 Å². The topological polar surface area (TPSA) is 110 Å². The van der Waals surface area contributed by atoms with Gasteiger partial charge in [0.1, 0.15) is 22.9 Å². The zero-order valence-electron chi connectivity index (χ0n) is 19.2. The molecule has 3 rings (SSSR count). The van der Waals surface area contributed by atoms with Crippen LogP contribution in [0.3, 0.4) is 0 Å². The second kappa shape index (κ2) is 9.52.